The molecule has 0 saturated heterocycles. The molecule has 0 aromatic carbocycles. The lowest BCUT2D eigenvalue weighted by Gasteiger charge is -2.10. The molecule has 0 radical (unpaired) electrons. The molecule has 7 heteroatoms. The second kappa shape index (κ2) is 8.90. The average molecular weight is 289 g/mol. The van der Waals surface area contributed by atoms with Crippen LogP contribution in [0.2, 0.25) is 5.02 Å². The Labute approximate surface area is 118 Å². The van der Waals surface area contributed by atoms with Gasteiger partial charge in [-0.1, -0.05) is 18.5 Å². The van der Waals surface area contributed by atoms with E-state index in [0.29, 0.717) is 18.8 Å². The summed E-state index contributed by atoms with van der Waals surface area (Å²) >= 11 is 6.03. The molecule has 0 fully saturated rings. The van der Waals surface area contributed by atoms with Crippen molar-refractivity contribution in [1.29, 1.82) is 0 Å². The zero-order valence-corrected chi connectivity index (χ0v) is 12.2. The normalized spacial score (nSPS) is 10.7. The highest BCUT2D eigenvalue weighted by Gasteiger charge is 2.08. The predicted molar refractivity (Wildman–Crippen MR) is 77.0 cm³/mol. The third-order valence-corrected chi connectivity index (χ3v) is 2.95. The standard InChI is InChI=1S/C12H21ClN4O2/c1-3-14-5-4-6-15-10-9-16-17(7-8-19-2)12(18)11(10)13/h9,14-15H,3-8H2,1-2H3. The molecular weight excluding hydrogens is 268 g/mol. The van der Waals surface area contributed by atoms with Crippen LogP contribution in [0, 0.1) is 0 Å². The van der Waals surface area contributed by atoms with Gasteiger partial charge in [0.25, 0.3) is 5.56 Å². The highest BCUT2D eigenvalue weighted by atomic mass is 35.5. The van der Waals surface area contributed by atoms with Gasteiger partial charge in [0.15, 0.2) is 0 Å². The number of nitrogens with zero attached hydrogens (tertiary/aromatic N) is 2. The molecule has 0 saturated carbocycles. The van der Waals surface area contributed by atoms with Crippen LogP contribution >= 0.6 is 11.6 Å². The Morgan fingerprint density at radius 3 is 2.95 bits per heavy atom. The largest absolute Gasteiger partial charge is 0.383 e. The van der Waals surface area contributed by atoms with Crippen molar-refractivity contribution in [3.05, 3.63) is 21.6 Å². The summed E-state index contributed by atoms with van der Waals surface area (Å²) in [5.41, 5.74) is 0.284. The minimum atomic E-state index is -0.296. The highest BCUT2D eigenvalue weighted by molar-refractivity contribution is 6.32. The van der Waals surface area contributed by atoms with Gasteiger partial charge in [0.05, 0.1) is 25.0 Å². The molecule has 0 amide bonds. The second-order valence-electron chi connectivity index (χ2n) is 4.03. The minimum absolute atomic E-state index is 0.176. The zero-order valence-electron chi connectivity index (χ0n) is 11.4. The smallest absolute Gasteiger partial charge is 0.287 e. The van der Waals surface area contributed by atoms with Crippen molar-refractivity contribution in [2.24, 2.45) is 0 Å². The van der Waals surface area contributed by atoms with Gasteiger partial charge in [-0.2, -0.15) is 5.10 Å². The Balaban J connectivity index is 2.56. The fourth-order valence-electron chi connectivity index (χ4n) is 1.54. The molecule has 0 unspecified atom stereocenters. The molecule has 0 bridgehead atoms. The minimum Gasteiger partial charge on any atom is -0.383 e. The number of aromatic nitrogens is 2. The van der Waals surface area contributed by atoms with E-state index in [4.69, 9.17) is 16.3 Å². The Morgan fingerprint density at radius 2 is 2.26 bits per heavy atom. The third-order valence-electron chi connectivity index (χ3n) is 2.59. The van der Waals surface area contributed by atoms with Crippen molar-refractivity contribution in [2.75, 3.05) is 38.7 Å². The Hall–Kier alpha value is -1.11. The first-order valence-corrected chi connectivity index (χ1v) is 6.77. The summed E-state index contributed by atoms with van der Waals surface area (Å²) in [4.78, 5) is 11.9. The first kappa shape index (κ1) is 15.9. The number of hydrogen-bond acceptors (Lipinski definition) is 5. The van der Waals surface area contributed by atoms with E-state index in [1.165, 1.54) is 4.68 Å². The van der Waals surface area contributed by atoms with Crippen molar-refractivity contribution in [2.45, 2.75) is 19.9 Å². The summed E-state index contributed by atoms with van der Waals surface area (Å²) in [6.45, 7) is 5.52. The first-order chi connectivity index (χ1) is 9.20. The fourth-order valence-corrected chi connectivity index (χ4v) is 1.75. The maximum Gasteiger partial charge on any atom is 0.287 e. The van der Waals surface area contributed by atoms with E-state index in [0.717, 1.165) is 26.1 Å². The fraction of sp³-hybridized carbons (Fsp3) is 0.667. The van der Waals surface area contributed by atoms with Crippen LogP contribution in [0.5, 0.6) is 0 Å². The monoisotopic (exact) mass is 288 g/mol. The number of nitrogens with one attached hydrogen (secondary N) is 2. The van der Waals surface area contributed by atoms with Crippen molar-refractivity contribution in [1.82, 2.24) is 15.1 Å². The predicted octanol–water partition coefficient (Wildman–Crippen LogP) is 0.955. The molecule has 0 spiro atoms. The molecule has 0 atom stereocenters. The van der Waals surface area contributed by atoms with Gasteiger partial charge < -0.3 is 15.4 Å². The van der Waals surface area contributed by atoms with Crippen molar-refractivity contribution in [3.63, 3.8) is 0 Å². The quantitative estimate of drug-likeness (QED) is 0.662. The molecule has 1 rings (SSSR count). The van der Waals surface area contributed by atoms with E-state index in [-0.39, 0.29) is 10.6 Å². The van der Waals surface area contributed by atoms with Gasteiger partial charge in [0, 0.05) is 13.7 Å². The number of hydrogen-bond donors (Lipinski definition) is 2. The van der Waals surface area contributed by atoms with E-state index in [1.807, 2.05) is 0 Å². The summed E-state index contributed by atoms with van der Waals surface area (Å²) in [5, 5.41) is 10.6. The van der Waals surface area contributed by atoms with Gasteiger partial charge in [0.2, 0.25) is 0 Å². The topological polar surface area (TPSA) is 68.2 Å². The van der Waals surface area contributed by atoms with E-state index < -0.39 is 0 Å². The van der Waals surface area contributed by atoms with Crippen LogP contribution in [0.15, 0.2) is 11.0 Å². The third kappa shape index (κ3) is 5.18. The number of anilines is 1. The molecule has 0 aliphatic carbocycles. The summed E-state index contributed by atoms with van der Waals surface area (Å²) in [6.07, 6.45) is 2.53. The molecule has 2 N–H and O–H groups in total. The molecule has 1 aromatic heterocycles. The van der Waals surface area contributed by atoms with Crippen molar-refractivity contribution < 1.29 is 4.74 Å². The number of rotatable bonds is 9. The molecular formula is C12H21ClN4O2. The van der Waals surface area contributed by atoms with Crippen LogP contribution in [0.25, 0.3) is 0 Å². The van der Waals surface area contributed by atoms with E-state index in [2.05, 4.69) is 22.7 Å². The lowest BCUT2D eigenvalue weighted by molar-refractivity contribution is 0.182. The first-order valence-electron chi connectivity index (χ1n) is 6.39. The molecule has 0 aliphatic rings. The van der Waals surface area contributed by atoms with E-state index in [1.54, 1.807) is 13.3 Å². The Morgan fingerprint density at radius 1 is 1.47 bits per heavy atom. The summed E-state index contributed by atoms with van der Waals surface area (Å²) < 4.78 is 6.21. The molecule has 0 aliphatic heterocycles. The number of halogens is 1. The maximum absolute atomic E-state index is 11.9. The van der Waals surface area contributed by atoms with E-state index in [9.17, 15) is 4.79 Å². The molecule has 1 aromatic rings. The van der Waals surface area contributed by atoms with Gasteiger partial charge >= 0.3 is 0 Å². The zero-order chi connectivity index (χ0) is 14.1. The van der Waals surface area contributed by atoms with Crippen molar-refractivity contribution in [3.8, 4) is 0 Å². The highest BCUT2D eigenvalue weighted by Crippen LogP contribution is 2.14. The van der Waals surface area contributed by atoms with Gasteiger partial charge in [-0.15, -0.1) is 0 Å². The Bertz CT molecular complexity index is 436. The summed E-state index contributed by atoms with van der Waals surface area (Å²) in [5.74, 6) is 0. The van der Waals surface area contributed by atoms with Crippen molar-refractivity contribution >= 4 is 17.3 Å². The summed E-state index contributed by atoms with van der Waals surface area (Å²) in [7, 11) is 1.58. The Kier molecular flexibility index (Phi) is 7.47. The molecule has 6 nitrogen and oxygen atoms in total. The van der Waals surface area contributed by atoms with Crippen LogP contribution in [0.3, 0.4) is 0 Å². The van der Waals surface area contributed by atoms with Gasteiger partial charge in [-0.05, 0) is 19.5 Å². The average Bonchev–Trinajstić information content (AvgIpc) is 2.42. The number of ether oxygens (including phenoxy) is 1. The molecule has 19 heavy (non-hydrogen) atoms. The van der Waals surface area contributed by atoms with E-state index >= 15 is 0 Å². The van der Waals surface area contributed by atoms with Gasteiger partial charge in [-0.3, -0.25) is 4.79 Å². The lowest BCUT2D eigenvalue weighted by atomic mass is 10.4. The van der Waals surface area contributed by atoms with Crippen LogP contribution in [-0.4, -0.2) is 43.1 Å². The van der Waals surface area contributed by atoms with Gasteiger partial charge in [0.1, 0.15) is 5.02 Å². The molecule has 108 valence electrons. The SMILES string of the molecule is CCNCCCNc1cnn(CCOC)c(=O)c1Cl. The summed E-state index contributed by atoms with van der Waals surface area (Å²) in [6, 6.07) is 0. The maximum atomic E-state index is 11.9. The van der Waals surface area contributed by atoms with Gasteiger partial charge in [-0.25, -0.2) is 4.68 Å². The number of methoxy groups -OCH3 is 1. The molecule has 1 heterocycles. The van der Waals surface area contributed by atoms with Crippen LogP contribution in [0.4, 0.5) is 5.69 Å². The van der Waals surface area contributed by atoms with Crippen LogP contribution in [0.1, 0.15) is 13.3 Å². The van der Waals surface area contributed by atoms with Crippen LogP contribution < -0.4 is 16.2 Å². The van der Waals surface area contributed by atoms with Crippen LogP contribution in [-0.2, 0) is 11.3 Å². The second-order valence-corrected chi connectivity index (χ2v) is 4.41. The lowest BCUT2D eigenvalue weighted by Crippen LogP contribution is -2.26.